The average molecular weight is 483 g/mol. The Bertz CT molecular complexity index is 1470. The van der Waals surface area contributed by atoms with Crippen molar-refractivity contribution in [3.8, 4) is 0 Å². The summed E-state index contributed by atoms with van der Waals surface area (Å²) in [5.74, 6) is -0.942. The van der Waals surface area contributed by atoms with E-state index in [9.17, 15) is 12.6 Å². The number of rotatable bonds is 1. The second kappa shape index (κ2) is 7.80. The van der Waals surface area contributed by atoms with Crippen LogP contribution in [0.5, 0.6) is 0 Å². The van der Waals surface area contributed by atoms with Crippen LogP contribution in [0.4, 0.5) is 11.4 Å². The summed E-state index contributed by atoms with van der Waals surface area (Å²) in [5, 5.41) is -1.55. The Kier molecular flexibility index (Phi) is 4.60. The van der Waals surface area contributed by atoms with Crippen molar-refractivity contribution in [2.24, 2.45) is 0 Å². The molecule has 0 aromatic heterocycles. The summed E-state index contributed by atoms with van der Waals surface area (Å²) in [7, 11) is -5.17. The molecular weight excluding hydrogens is 454 g/mol. The number of allylic oxidation sites excluding steroid dienone is 1. The van der Waals surface area contributed by atoms with Crippen LogP contribution in [0, 0.1) is 0 Å². The van der Waals surface area contributed by atoms with Gasteiger partial charge in [-0.2, -0.15) is 0 Å². The minimum atomic E-state index is -3.71. The molecule has 1 aliphatic carbocycles. The standard InChI is InChI=1S/C26H21NO3S2.H2O.H2/c1-17-19-8-2-4-10-21(19)27(22-11-5-3-9-20(17)22)18-14-15-24-26(16-18)32(29,30)25-13-7-6-12-23(25)31(24)28;;/h2-17,24,26H,1H3;1H2;1H/i17D;;1+1D. The first kappa shape index (κ1) is 19.5. The minimum absolute atomic E-state index is 0. The van der Waals surface area contributed by atoms with Crippen molar-refractivity contribution >= 4 is 32.0 Å². The first-order chi connectivity index (χ1) is 16.8. The van der Waals surface area contributed by atoms with E-state index in [0.717, 1.165) is 22.5 Å². The molecule has 0 radical (unpaired) electrons. The van der Waals surface area contributed by atoms with Crippen LogP contribution in [-0.2, 0) is 20.6 Å². The van der Waals surface area contributed by atoms with E-state index < -0.39 is 37.0 Å². The molecule has 0 fully saturated rings. The van der Waals surface area contributed by atoms with Crippen molar-refractivity contribution in [3.63, 3.8) is 0 Å². The lowest BCUT2D eigenvalue weighted by Gasteiger charge is -2.39. The molecule has 0 saturated carbocycles. The van der Waals surface area contributed by atoms with Crippen LogP contribution in [0.2, 0.25) is 0 Å². The molecule has 5 nitrogen and oxygen atoms in total. The zero-order valence-electron chi connectivity index (χ0n) is 20.8. The van der Waals surface area contributed by atoms with Gasteiger partial charge >= 0.3 is 0 Å². The summed E-state index contributed by atoms with van der Waals surface area (Å²) < 4.78 is 59.4. The Balaban J connectivity index is 0.000000990. The summed E-state index contributed by atoms with van der Waals surface area (Å²) >= 11 is 0. The van der Waals surface area contributed by atoms with Gasteiger partial charge in [-0.1, -0.05) is 61.5 Å². The number of para-hydroxylation sites is 2. The van der Waals surface area contributed by atoms with Gasteiger partial charge in [-0.25, -0.2) is 8.42 Å². The fraction of sp³-hybridized carbons (Fsp3) is 0.154. The molecule has 0 saturated heterocycles. The van der Waals surface area contributed by atoms with Gasteiger partial charge in [0.2, 0.25) is 0 Å². The molecule has 0 amide bonds. The van der Waals surface area contributed by atoms with Gasteiger partial charge in [-0.05, 0) is 47.5 Å². The van der Waals surface area contributed by atoms with Crippen LogP contribution in [-0.4, -0.2) is 28.6 Å². The molecule has 6 rings (SSSR count). The summed E-state index contributed by atoms with van der Waals surface area (Å²) in [6.45, 7) is 1.88. The number of fused-ring (bicyclic) bond motifs is 4. The highest BCUT2D eigenvalue weighted by atomic mass is 32.2. The minimum Gasteiger partial charge on any atom is -0.412 e. The maximum Gasteiger partial charge on any atom is 0.187 e. The van der Waals surface area contributed by atoms with Gasteiger partial charge in [0.15, 0.2) is 9.84 Å². The molecule has 2 heterocycles. The number of hydrogen-bond donors (Lipinski definition) is 0. The molecule has 0 spiro atoms. The van der Waals surface area contributed by atoms with Crippen molar-refractivity contribution in [3.05, 3.63) is 108 Å². The molecular formula is C26H25NO4S2. The van der Waals surface area contributed by atoms with Crippen LogP contribution < -0.4 is 4.90 Å². The Morgan fingerprint density at radius 1 is 0.970 bits per heavy atom. The topological polar surface area (TPSA) is 85.9 Å². The molecule has 2 aliphatic heterocycles. The van der Waals surface area contributed by atoms with E-state index in [1.165, 1.54) is 0 Å². The van der Waals surface area contributed by atoms with E-state index in [0.29, 0.717) is 10.6 Å². The Labute approximate surface area is 200 Å². The van der Waals surface area contributed by atoms with E-state index in [1.54, 1.807) is 36.4 Å². The maximum atomic E-state index is 13.5. The monoisotopic (exact) mass is 482 g/mol. The zero-order valence-corrected chi connectivity index (χ0v) is 19.4. The van der Waals surface area contributed by atoms with E-state index in [1.807, 2.05) is 66.4 Å². The second-order valence-corrected chi connectivity index (χ2v) is 11.8. The van der Waals surface area contributed by atoms with Gasteiger partial charge in [-0.3, -0.25) is 4.21 Å². The van der Waals surface area contributed by atoms with Crippen molar-refractivity contribution < 1.29 is 22.4 Å². The van der Waals surface area contributed by atoms with Crippen molar-refractivity contribution in [1.29, 1.82) is 0 Å². The van der Waals surface area contributed by atoms with E-state index in [-0.39, 0.29) is 10.4 Å². The lowest BCUT2D eigenvalue weighted by Crippen LogP contribution is -2.42. The molecule has 3 aliphatic rings. The van der Waals surface area contributed by atoms with Crippen LogP contribution in [0.15, 0.2) is 107 Å². The number of benzene rings is 3. The predicted molar refractivity (Wildman–Crippen MR) is 133 cm³/mol. The van der Waals surface area contributed by atoms with Crippen LogP contribution in [0.3, 0.4) is 0 Å². The Morgan fingerprint density at radius 2 is 1.55 bits per heavy atom. The Hall–Kier alpha value is -3.00. The third-order valence-electron chi connectivity index (χ3n) is 6.45. The molecule has 7 heteroatoms. The number of nitrogens with zero attached hydrogens (tertiary/aromatic N) is 1. The third-order valence-corrected chi connectivity index (χ3v) is 10.6. The van der Waals surface area contributed by atoms with Crippen LogP contribution >= 0.6 is 0 Å². The highest BCUT2D eigenvalue weighted by Gasteiger charge is 2.45. The van der Waals surface area contributed by atoms with Crippen LogP contribution in [0.1, 0.15) is 28.3 Å². The fourth-order valence-electron chi connectivity index (χ4n) is 4.90. The summed E-state index contributed by atoms with van der Waals surface area (Å²) in [6.07, 6.45) is 5.36. The highest BCUT2D eigenvalue weighted by Crippen LogP contribution is 2.48. The van der Waals surface area contributed by atoms with E-state index in [2.05, 4.69) is 0 Å². The maximum absolute atomic E-state index is 13.5. The lowest BCUT2D eigenvalue weighted by atomic mass is 9.85. The van der Waals surface area contributed by atoms with Gasteiger partial charge in [0.1, 0.15) is 5.25 Å². The summed E-state index contributed by atoms with van der Waals surface area (Å²) in [4.78, 5) is 2.54. The van der Waals surface area contributed by atoms with Gasteiger partial charge < -0.3 is 10.4 Å². The van der Waals surface area contributed by atoms with Crippen molar-refractivity contribution in [2.75, 3.05) is 4.90 Å². The van der Waals surface area contributed by atoms with Gasteiger partial charge in [0.25, 0.3) is 0 Å². The second-order valence-electron chi connectivity index (χ2n) is 8.16. The van der Waals surface area contributed by atoms with E-state index >= 15 is 0 Å². The van der Waals surface area contributed by atoms with Crippen molar-refractivity contribution in [2.45, 2.75) is 33.1 Å². The highest BCUT2D eigenvalue weighted by molar-refractivity contribution is 7.96. The summed E-state index contributed by atoms with van der Waals surface area (Å²) in [5.41, 5.74) is 4.09. The number of anilines is 2. The normalized spacial score (nSPS) is 26.1. The molecule has 33 heavy (non-hydrogen) atoms. The zero-order chi connectivity index (χ0) is 25.0. The molecule has 3 aromatic carbocycles. The first-order valence-corrected chi connectivity index (χ1v) is 13.2. The molecule has 3 atom stereocenters. The first-order valence-electron chi connectivity index (χ1n) is 11.9. The van der Waals surface area contributed by atoms with Gasteiger partial charge in [-0.15, -0.1) is 0 Å². The fourth-order valence-corrected chi connectivity index (χ4v) is 9.22. The third kappa shape index (κ3) is 3.07. The molecule has 170 valence electrons. The largest absolute Gasteiger partial charge is 0.412 e. The average Bonchev–Trinajstić information content (AvgIpc) is 2.89. The van der Waals surface area contributed by atoms with Gasteiger partial charge in [0, 0.05) is 27.3 Å². The molecule has 3 unspecified atom stereocenters. The van der Waals surface area contributed by atoms with Crippen molar-refractivity contribution in [1.82, 2.24) is 0 Å². The number of sulfone groups is 1. The van der Waals surface area contributed by atoms with Gasteiger partial charge in [0.05, 0.1) is 25.8 Å². The smallest absolute Gasteiger partial charge is 0.187 e. The van der Waals surface area contributed by atoms with Crippen LogP contribution in [0.25, 0.3) is 0 Å². The quantitative estimate of drug-likeness (QED) is 0.511. The Morgan fingerprint density at radius 3 is 2.21 bits per heavy atom. The summed E-state index contributed by atoms with van der Waals surface area (Å²) in [6, 6.07) is 22.1. The van der Waals surface area contributed by atoms with E-state index in [4.69, 9.17) is 4.34 Å². The predicted octanol–water partition coefficient (Wildman–Crippen LogP) is 4.50. The molecule has 0 bridgehead atoms. The molecule has 3 aromatic rings. The lowest BCUT2D eigenvalue weighted by molar-refractivity contribution is 0.580. The molecule has 2 N–H and O–H groups in total. The number of hydrogen-bond acceptors (Lipinski definition) is 4. The SMILES string of the molecule is O.[2H]C1(C)c2ccccc2N(C2=CC3C(C=C2)S(=O)c2ccccc2S3(=O)=O)c2ccccc21.[2H][2H].